The first-order chi connectivity index (χ1) is 15.8. The van der Waals surface area contributed by atoms with Gasteiger partial charge in [-0.25, -0.2) is 0 Å². The number of β-amino-alcohol motifs (C(OH)–C–C–N with tert-alkyl or cyclic N) is 1. The Morgan fingerprint density at radius 2 is 1.88 bits per heavy atom. The zero-order chi connectivity index (χ0) is 25.6. The highest BCUT2D eigenvalue weighted by molar-refractivity contribution is 8.10. The predicted octanol–water partition coefficient (Wildman–Crippen LogP) is 2.34. The highest BCUT2D eigenvalue weighted by Crippen LogP contribution is 2.30. The topological polar surface area (TPSA) is 125 Å². The maximum Gasteiger partial charge on any atom is 0.246 e. The zero-order valence-corrected chi connectivity index (χ0v) is 21.4. The van der Waals surface area contributed by atoms with Gasteiger partial charge in [0.2, 0.25) is 17.7 Å². The van der Waals surface area contributed by atoms with Crippen LogP contribution < -0.4 is 16.4 Å². The van der Waals surface area contributed by atoms with Gasteiger partial charge < -0.3 is 26.4 Å². The standard InChI is InChI=1S/C25H36N4O4S/c1-7-34-21(15(2)26)18-10-8-17(9-11-18)13-27-23(32)20-12-19(31)14-29(20)24(33)22(25(4,5)6)28-16(3)30/h7-11,19-20,22,31H,1,12-14,26H2,2-6H3,(H,27,32)(H,28,30)/b21-15-/t19-,20+,22-/m1/s1. The quantitative estimate of drug-likeness (QED) is 0.445. The molecule has 1 aromatic carbocycles. The van der Waals surface area contributed by atoms with Gasteiger partial charge in [0, 0.05) is 37.0 Å². The summed E-state index contributed by atoms with van der Waals surface area (Å²) in [5.74, 6) is -1.04. The van der Waals surface area contributed by atoms with Gasteiger partial charge in [0.1, 0.15) is 12.1 Å². The van der Waals surface area contributed by atoms with E-state index < -0.39 is 23.6 Å². The minimum Gasteiger partial charge on any atom is -0.401 e. The van der Waals surface area contributed by atoms with Gasteiger partial charge in [0.15, 0.2) is 0 Å². The van der Waals surface area contributed by atoms with Crippen LogP contribution in [-0.2, 0) is 20.9 Å². The number of thioether (sulfide) groups is 1. The number of benzene rings is 1. The van der Waals surface area contributed by atoms with E-state index in [-0.39, 0.29) is 37.2 Å². The van der Waals surface area contributed by atoms with Gasteiger partial charge in [-0.3, -0.25) is 14.4 Å². The van der Waals surface area contributed by atoms with E-state index in [1.807, 2.05) is 52.0 Å². The molecule has 9 heteroatoms. The van der Waals surface area contributed by atoms with Crippen LogP contribution in [0.1, 0.15) is 52.2 Å². The van der Waals surface area contributed by atoms with E-state index in [1.54, 1.807) is 5.41 Å². The molecule has 0 aliphatic carbocycles. The van der Waals surface area contributed by atoms with Gasteiger partial charge in [-0.15, -0.1) is 0 Å². The second-order valence-corrected chi connectivity index (χ2v) is 10.6. The lowest BCUT2D eigenvalue weighted by atomic mass is 9.85. The Balaban J connectivity index is 2.11. The van der Waals surface area contributed by atoms with Crippen molar-refractivity contribution in [3.05, 3.63) is 53.1 Å². The SMILES string of the molecule is C=CS/C(=C(/C)N)c1ccc(CNC(=O)[C@@H]2C[C@@H](O)CN2C(=O)[C@@H](NC(C)=O)C(C)(C)C)cc1. The molecule has 3 amide bonds. The van der Waals surface area contributed by atoms with Crippen LogP contribution in [0.4, 0.5) is 0 Å². The summed E-state index contributed by atoms with van der Waals surface area (Å²) < 4.78 is 0. The predicted molar refractivity (Wildman–Crippen MR) is 136 cm³/mol. The number of carbonyl (C=O) groups is 3. The number of allylic oxidation sites excluding steroid dienone is 1. The number of aliphatic hydroxyl groups excluding tert-OH is 1. The molecule has 0 spiro atoms. The van der Waals surface area contributed by atoms with Crippen LogP contribution in [0.5, 0.6) is 0 Å². The number of rotatable bonds is 8. The van der Waals surface area contributed by atoms with Gasteiger partial charge >= 0.3 is 0 Å². The van der Waals surface area contributed by atoms with Crippen LogP contribution in [0, 0.1) is 5.41 Å². The molecule has 1 heterocycles. The fraction of sp³-hybridized carbons (Fsp3) is 0.480. The van der Waals surface area contributed by atoms with E-state index in [4.69, 9.17) is 5.73 Å². The molecular weight excluding hydrogens is 452 g/mol. The molecule has 0 saturated carbocycles. The Morgan fingerprint density at radius 1 is 1.26 bits per heavy atom. The minimum absolute atomic E-state index is 0.0479. The highest BCUT2D eigenvalue weighted by Gasteiger charge is 2.44. The first-order valence-electron chi connectivity index (χ1n) is 11.2. The third kappa shape index (κ3) is 7.11. The molecule has 1 fully saturated rings. The average Bonchev–Trinajstić information content (AvgIpc) is 3.15. The number of carbonyl (C=O) groups excluding carboxylic acids is 3. The van der Waals surface area contributed by atoms with Gasteiger partial charge in [-0.2, -0.15) is 0 Å². The van der Waals surface area contributed by atoms with Crippen molar-refractivity contribution in [2.75, 3.05) is 6.54 Å². The van der Waals surface area contributed by atoms with Gasteiger partial charge in [-0.1, -0.05) is 63.4 Å². The van der Waals surface area contributed by atoms with Gasteiger partial charge in [0.05, 0.1) is 6.10 Å². The lowest BCUT2D eigenvalue weighted by Crippen LogP contribution is -2.57. The molecule has 0 bridgehead atoms. The Labute approximate surface area is 206 Å². The second-order valence-electron chi connectivity index (χ2n) is 9.61. The van der Waals surface area contributed by atoms with Gasteiger partial charge in [0.25, 0.3) is 0 Å². The number of hydrogen-bond acceptors (Lipinski definition) is 6. The summed E-state index contributed by atoms with van der Waals surface area (Å²) in [6.07, 6.45) is -0.653. The van der Waals surface area contributed by atoms with Crippen molar-refractivity contribution < 1.29 is 19.5 Å². The van der Waals surface area contributed by atoms with Crippen LogP contribution >= 0.6 is 11.8 Å². The molecule has 5 N–H and O–H groups in total. The van der Waals surface area contributed by atoms with Crippen LogP contribution in [0.2, 0.25) is 0 Å². The molecule has 0 radical (unpaired) electrons. The van der Waals surface area contributed by atoms with Crippen LogP contribution in [0.15, 0.2) is 41.9 Å². The summed E-state index contributed by atoms with van der Waals surface area (Å²) in [5.41, 5.74) is 7.95. The van der Waals surface area contributed by atoms with E-state index in [2.05, 4.69) is 17.2 Å². The number of aliphatic hydroxyl groups is 1. The van der Waals surface area contributed by atoms with E-state index in [1.165, 1.54) is 23.6 Å². The largest absolute Gasteiger partial charge is 0.401 e. The molecule has 34 heavy (non-hydrogen) atoms. The second kappa shape index (κ2) is 11.6. The summed E-state index contributed by atoms with van der Waals surface area (Å²) in [6, 6.07) is 6.06. The lowest BCUT2D eigenvalue weighted by molar-refractivity contribution is -0.143. The summed E-state index contributed by atoms with van der Waals surface area (Å²) in [5, 5.41) is 17.5. The lowest BCUT2D eigenvalue weighted by Gasteiger charge is -2.35. The Hall–Kier alpha value is -2.78. The van der Waals surface area contributed by atoms with Crippen LogP contribution in [0.25, 0.3) is 4.91 Å². The fourth-order valence-electron chi connectivity index (χ4n) is 3.88. The van der Waals surface area contributed by atoms with Crippen molar-refractivity contribution >= 4 is 34.4 Å². The molecule has 0 unspecified atom stereocenters. The molecule has 0 aromatic heterocycles. The number of amides is 3. The van der Waals surface area contributed by atoms with E-state index in [9.17, 15) is 19.5 Å². The van der Waals surface area contributed by atoms with E-state index in [0.29, 0.717) is 5.70 Å². The molecule has 2 rings (SSSR count). The molecule has 8 nitrogen and oxygen atoms in total. The van der Waals surface area contributed by atoms with Gasteiger partial charge in [-0.05, 0) is 28.9 Å². The zero-order valence-electron chi connectivity index (χ0n) is 20.6. The first kappa shape index (κ1) is 27.5. The summed E-state index contributed by atoms with van der Waals surface area (Å²) in [4.78, 5) is 40.2. The number of hydrogen-bond donors (Lipinski definition) is 4. The molecule has 1 saturated heterocycles. The van der Waals surface area contributed by atoms with Crippen molar-refractivity contribution in [1.82, 2.24) is 15.5 Å². The van der Waals surface area contributed by atoms with E-state index in [0.717, 1.165) is 16.0 Å². The van der Waals surface area contributed by atoms with Crippen molar-refractivity contribution in [2.45, 2.75) is 65.8 Å². The monoisotopic (exact) mass is 488 g/mol. The van der Waals surface area contributed by atoms with Crippen molar-refractivity contribution in [3.63, 3.8) is 0 Å². The number of nitrogens with zero attached hydrogens (tertiary/aromatic N) is 1. The van der Waals surface area contributed by atoms with E-state index >= 15 is 0 Å². The Morgan fingerprint density at radius 3 is 2.38 bits per heavy atom. The normalized spacial score (nSPS) is 19.8. The van der Waals surface area contributed by atoms with Crippen molar-refractivity contribution in [1.29, 1.82) is 0 Å². The molecule has 1 aliphatic heterocycles. The molecule has 1 aromatic rings. The maximum absolute atomic E-state index is 13.3. The number of nitrogens with one attached hydrogen (secondary N) is 2. The average molecular weight is 489 g/mol. The molecule has 3 atom stereocenters. The molecule has 1 aliphatic rings. The summed E-state index contributed by atoms with van der Waals surface area (Å²) in [6.45, 7) is 12.8. The third-order valence-electron chi connectivity index (χ3n) is 5.57. The highest BCUT2D eigenvalue weighted by atomic mass is 32.2. The maximum atomic E-state index is 13.3. The van der Waals surface area contributed by atoms with Crippen LogP contribution in [0.3, 0.4) is 0 Å². The van der Waals surface area contributed by atoms with Crippen molar-refractivity contribution in [2.24, 2.45) is 11.1 Å². The smallest absolute Gasteiger partial charge is 0.246 e. The molecular formula is C25H36N4O4S. The first-order valence-corrected chi connectivity index (χ1v) is 12.1. The number of nitrogens with two attached hydrogens (primary N) is 1. The summed E-state index contributed by atoms with van der Waals surface area (Å²) >= 11 is 1.45. The number of likely N-dealkylation sites (tertiary alicyclic amines) is 1. The fourth-order valence-corrected chi connectivity index (χ4v) is 4.50. The summed E-state index contributed by atoms with van der Waals surface area (Å²) in [7, 11) is 0. The Bertz CT molecular complexity index is 949. The third-order valence-corrected chi connectivity index (χ3v) is 6.53. The van der Waals surface area contributed by atoms with Crippen molar-refractivity contribution in [3.8, 4) is 0 Å². The minimum atomic E-state index is -0.807. The Kier molecular flexibility index (Phi) is 9.35. The molecule has 186 valence electrons. The van der Waals surface area contributed by atoms with Crippen LogP contribution in [-0.4, -0.2) is 52.5 Å².